The number of hydrogen-bond acceptors (Lipinski definition) is 4. The van der Waals surface area contributed by atoms with Gasteiger partial charge in [-0.15, -0.1) is 24.0 Å². The van der Waals surface area contributed by atoms with E-state index in [1.54, 1.807) is 30.6 Å². The number of guanidine groups is 1. The minimum absolute atomic E-state index is 0. The Morgan fingerprint density at radius 1 is 1.31 bits per heavy atom. The lowest BCUT2D eigenvalue weighted by molar-refractivity contribution is 0.106. The van der Waals surface area contributed by atoms with Crippen molar-refractivity contribution < 1.29 is 17.5 Å². The van der Waals surface area contributed by atoms with Crippen molar-refractivity contribution in [3.8, 4) is 0 Å². The van der Waals surface area contributed by atoms with Crippen molar-refractivity contribution in [2.24, 2.45) is 4.99 Å². The van der Waals surface area contributed by atoms with Crippen LogP contribution in [0, 0.1) is 5.82 Å². The first-order valence-electron chi connectivity index (χ1n) is 9.62. The quantitative estimate of drug-likeness (QED) is 0.300. The molecule has 0 spiro atoms. The Labute approximate surface area is 190 Å². The summed E-state index contributed by atoms with van der Waals surface area (Å²) in [6.45, 7) is 3.40. The second-order valence-electron chi connectivity index (χ2n) is 6.86. The molecule has 1 aromatic carbocycles. The molecule has 2 rings (SSSR count). The Hall–Kier alpha value is -0.980. The fourth-order valence-corrected chi connectivity index (χ4v) is 4.80. The van der Waals surface area contributed by atoms with Crippen molar-refractivity contribution in [2.75, 3.05) is 39.5 Å². The molecule has 0 bridgehead atoms. The van der Waals surface area contributed by atoms with E-state index in [2.05, 4.69) is 15.6 Å². The number of nitrogens with one attached hydrogen (secondary N) is 2. The number of methoxy groups -OCH3 is 1. The highest BCUT2D eigenvalue weighted by Crippen LogP contribution is 2.17. The second-order valence-corrected chi connectivity index (χ2v) is 8.95. The average molecular weight is 542 g/mol. The van der Waals surface area contributed by atoms with Gasteiger partial charge in [0.2, 0.25) is 10.0 Å². The van der Waals surface area contributed by atoms with Gasteiger partial charge in [-0.3, -0.25) is 4.99 Å². The lowest BCUT2D eigenvalue weighted by Gasteiger charge is -2.32. The van der Waals surface area contributed by atoms with Crippen LogP contribution in [-0.4, -0.2) is 64.3 Å². The predicted molar refractivity (Wildman–Crippen MR) is 125 cm³/mol. The van der Waals surface area contributed by atoms with Crippen LogP contribution in [0.2, 0.25) is 0 Å². The minimum atomic E-state index is -3.13. The Kier molecular flexibility index (Phi) is 11.4. The predicted octanol–water partition coefficient (Wildman–Crippen LogP) is 2.50. The van der Waals surface area contributed by atoms with Crippen LogP contribution in [0.1, 0.15) is 37.9 Å². The van der Waals surface area contributed by atoms with E-state index in [-0.39, 0.29) is 47.7 Å². The highest BCUT2D eigenvalue weighted by atomic mass is 127. The van der Waals surface area contributed by atoms with E-state index >= 15 is 0 Å². The van der Waals surface area contributed by atoms with Gasteiger partial charge in [-0.1, -0.05) is 19.1 Å². The van der Waals surface area contributed by atoms with E-state index in [0.29, 0.717) is 32.0 Å². The highest BCUT2D eigenvalue weighted by molar-refractivity contribution is 14.0. The van der Waals surface area contributed by atoms with Crippen LogP contribution in [0.4, 0.5) is 4.39 Å². The van der Waals surface area contributed by atoms with Crippen LogP contribution in [0.25, 0.3) is 0 Å². The number of aliphatic imine (C=N–C) groups is 1. The molecule has 1 fully saturated rings. The molecule has 0 aromatic heterocycles. The lowest BCUT2D eigenvalue weighted by atomic mass is 10.1. The molecule has 29 heavy (non-hydrogen) atoms. The van der Waals surface area contributed by atoms with Gasteiger partial charge in [0, 0.05) is 39.8 Å². The highest BCUT2D eigenvalue weighted by Gasteiger charge is 2.27. The molecule has 166 valence electrons. The molecule has 0 aliphatic carbocycles. The SMILES string of the molecule is CCCS(=O)(=O)N1CCC(NC(=NC)NCC(OC)c2ccc(F)cc2)CC1.I. The molecule has 1 aromatic rings. The zero-order valence-corrected chi connectivity index (χ0v) is 20.4. The molecule has 7 nitrogen and oxygen atoms in total. The van der Waals surface area contributed by atoms with Crippen molar-refractivity contribution in [1.29, 1.82) is 0 Å². The van der Waals surface area contributed by atoms with Crippen molar-refractivity contribution in [3.63, 3.8) is 0 Å². The number of rotatable bonds is 8. The molecule has 1 aliphatic heterocycles. The van der Waals surface area contributed by atoms with Gasteiger partial charge in [-0.05, 0) is 37.0 Å². The largest absolute Gasteiger partial charge is 0.375 e. The van der Waals surface area contributed by atoms with Gasteiger partial charge in [-0.25, -0.2) is 17.1 Å². The Bertz CT molecular complexity index is 738. The number of hydrogen-bond donors (Lipinski definition) is 2. The van der Waals surface area contributed by atoms with E-state index in [1.807, 2.05) is 6.92 Å². The first kappa shape index (κ1) is 26.1. The molecule has 1 aliphatic rings. The average Bonchev–Trinajstić information content (AvgIpc) is 2.69. The maximum atomic E-state index is 13.1. The summed E-state index contributed by atoms with van der Waals surface area (Å²) < 4.78 is 44.5. The van der Waals surface area contributed by atoms with Gasteiger partial charge in [0.15, 0.2) is 5.96 Å². The van der Waals surface area contributed by atoms with Gasteiger partial charge >= 0.3 is 0 Å². The third-order valence-corrected chi connectivity index (χ3v) is 6.93. The third-order valence-electron chi connectivity index (χ3n) is 4.86. The van der Waals surface area contributed by atoms with Crippen molar-refractivity contribution in [2.45, 2.75) is 38.3 Å². The Balaban J connectivity index is 0.00000420. The summed E-state index contributed by atoms with van der Waals surface area (Å²) in [4.78, 5) is 4.24. The van der Waals surface area contributed by atoms with Crippen LogP contribution in [0.3, 0.4) is 0 Å². The van der Waals surface area contributed by atoms with Gasteiger partial charge in [-0.2, -0.15) is 0 Å². The van der Waals surface area contributed by atoms with Crippen LogP contribution >= 0.6 is 24.0 Å². The van der Waals surface area contributed by atoms with Crippen LogP contribution in [-0.2, 0) is 14.8 Å². The van der Waals surface area contributed by atoms with Crippen LogP contribution < -0.4 is 10.6 Å². The number of halogens is 2. The van der Waals surface area contributed by atoms with E-state index in [9.17, 15) is 12.8 Å². The van der Waals surface area contributed by atoms with Crippen molar-refractivity contribution in [3.05, 3.63) is 35.6 Å². The molecule has 0 radical (unpaired) electrons. The lowest BCUT2D eigenvalue weighted by Crippen LogP contribution is -2.50. The number of ether oxygens (including phenoxy) is 1. The maximum Gasteiger partial charge on any atom is 0.214 e. The van der Waals surface area contributed by atoms with E-state index < -0.39 is 10.0 Å². The smallest absolute Gasteiger partial charge is 0.214 e. The summed E-state index contributed by atoms with van der Waals surface area (Å²) in [6.07, 6.45) is 1.86. The first-order chi connectivity index (χ1) is 13.4. The number of benzene rings is 1. The molecular formula is C19H32FIN4O3S. The van der Waals surface area contributed by atoms with E-state index in [1.165, 1.54) is 12.1 Å². The summed E-state index contributed by atoms with van der Waals surface area (Å²) >= 11 is 0. The standard InChI is InChI=1S/C19H31FN4O3S.HI/c1-4-13-28(25,26)24-11-9-17(10-12-24)23-19(21-2)22-14-18(27-3)15-5-7-16(20)8-6-15;/h5-8,17-18H,4,9-14H2,1-3H3,(H2,21,22,23);1H. The third kappa shape index (κ3) is 7.99. The minimum Gasteiger partial charge on any atom is -0.375 e. The van der Waals surface area contributed by atoms with Gasteiger partial charge in [0.05, 0.1) is 11.9 Å². The Morgan fingerprint density at radius 2 is 1.93 bits per heavy atom. The van der Waals surface area contributed by atoms with E-state index in [0.717, 1.165) is 18.4 Å². The molecule has 0 amide bonds. The van der Waals surface area contributed by atoms with Crippen LogP contribution in [0.15, 0.2) is 29.3 Å². The van der Waals surface area contributed by atoms with E-state index in [4.69, 9.17) is 4.74 Å². The van der Waals surface area contributed by atoms with Gasteiger partial charge in [0.1, 0.15) is 5.82 Å². The molecule has 2 N–H and O–H groups in total. The molecule has 1 saturated heterocycles. The molecule has 0 saturated carbocycles. The summed E-state index contributed by atoms with van der Waals surface area (Å²) in [5.74, 6) is 0.561. The fourth-order valence-electron chi connectivity index (χ4n) is 3.26. The normalized spacial score (nSPS) is 17.4. The second kappa shape index (κ2) is 12.7. The van der Waals surface area contributed by atoms with Crippen molar-refractivity contribution >= 4 is 40.0 Å². The molecule has 1 unspecified atom stereocenters. The van der Waals surface area contributed by atoms with Gasteiger partial charge in [0.25, 0.3) is 0 Å². The number of piperidine rings is 1. The first-order valence-corrected chi connectivity index (χ1v) is 11.2. The zero-order valence-electron chi connectivity index (χ0n) is 17.2. The Morgan fingerprint density at radius 3 is 2.45 bits per heavy atom. The molecule has 1 heterocycles. The van der Waals surface area contributed by atoms with Gasteiger partial charge < -0.3 is 15.4 Å². The summed E-state index contributed by atoms with van der Waals surface area (Å²) in [5.41, 5.74) is 0.876. The monoisotopic (exact) mass is 542 g/mol. The van der Waals surface area contributed by atoms with Crippen molar-refractivity contribution in [1.82, 2.24) is 14.9 Å². The summed E-state index contributed by atoms with van der Waals surface area (Å²) in [7, 11) is 0.167. The topological polar surface area (TPSA) is 83.0 Å². The summed E-state index contributed by atoms with van der Waals surface area (Å²) in [6, 6.07) is 6.39. The maximum absolute atomic E-state index is 13.1. The molecular weight excluding hydrogens is 510 g/mol. The van der Waals surface area contributed by atoms with Crippen LogP contribution in [0.5, 0.6) is 0 Å². The fraction of sp³-hybridized carbons (Fsp3) is 0.632. The number of sulfonamides is 1. The molecule has 1 atom stereocenters. The molecule has 10 heteroatoms. The summed E-state index contributed by atoms with van der Waals surface area (Å²) in [5, 5.41) is 6.58. The zero-order chi connectivity index (χ0) is 20.6. The number of nitrogens with zero attached hydrogens (tertiary/aromatic N) is 2.